The molecule has 0 radical (unpaired) electrons. The average molecular weight is 1020 g/mol. The van der Waals surface area contributed by atoms with Crippen LogP contribution in [0.5, 0.6) is 5.75 Å². The molecule has 0 aromatic heterocycles. The Morgan fingerprint density at radius 1 is 0.423 bits per heavy atom. The summed E-state index contributed by atoms with van der Waals surface area (Å²) in [5, 5.41) is 0. The molecule has 3 aromatic carbocycles. The normalized spacial score (nSPS) is 12.1. The topological polar surface area (TPSA) is 167 Å². The molecule has 0 aliphatic heterocycles. The summed E-state index contributed by atoms with van der Waals surface area (Å²) in [5.74, 6) is -14.2. The van der Waals surface area contributed by atoms with Crippen molar-refractivity contribution in [2.24, 2.45) is 0 Å². The molecule has 0 spiro atoms. The lowest BCUT2D eigenvalue weighted by molar-refractivity contribution is -0.136. The molecular formula is C49H66F5NO16. The third-order valence-electron chi connectivity index (χ3n) is 10.1. The second kappa shape index (κ2) is 36.5. The molecule has 0 saturated heterocycles. The number of likely N-dealkylation sites (N-methyl/N-ethyl adjacent to an activating group) is 1. The van der Waals surface area contributed by atoms with E-state index in [0.717, 1.165) is 0 Å². The Bertz CT molecular complexity index is 1880. The van der Waals surface area contributed by atoms with E-state index in [9.17, 15) is 31.5 Å². The van der Waals surface area contributed by atoms with Gasteiger partial charge in [-0.2, -0.15) is 8.78 Å². The average Bonchev–Trinajstić information content (AvgIpc) is 3.70. The Balaban J connectivity index is 0.774. The van der Waals surface area contributed by atoms with E-state index in [2.05, 4.69) is 29.0 Å². The fourth-order valence-electron chi connectivity index (χ4n) is 6.51. The minimum Gasteiger partial charge on any atom is -0.448 e. The molecule has 0 unspecified atom stereocenters. The van der Waals surface area contributed by atoms with E-state index in [1.54, 1.807) is 7.05 Å². The standard InChI is InChI=1S/C49H66F5NO16/c1-55(49(57)70-36-41-39-8-4-2-6-37(39)38-7-3-5-9-40(38)41)11-13-59-15-17-61-19-21-63-23-25-65-27-29-67-31-33-69-35-34-68-32-30-66-28-26-64-24-22-62-20-18-60-16-14-58-12-10-42(56)71-48-46(53)44(51)43(50)45(52)47(48)54/h2-9,41H,10-36H2,1H3. The first-order valence-electron chi connectivity index (χ1n) is 23.4. The van der Waals surface area contributed by atoms with Gasteiger partial charge >= 0.3 is 12.1 Å². The Labute approximate surface area is 410 Å². The number of carbonyl (C=O) groups excluding carboxylic acids is 2. The molecule has 1 aliphatic rings. The number of benzene rings is 3. The minimum atomic E-state index is -2.35. The number of hydrogen-bond acceptors (Lipinski definition) is 16. The summed E-state index contributed by atoms with van der Waals surface area (Å²) >= 11 is 0. The van der Waals surface area contributed by atoms with Crippen molar-refractivity contribution in [2.45, 2.75) is 12.3 Å². The second-order valence-corrected chi connectivity index (χ2v) is 15.2. The van der Waals surface area contributed by atoms with E-state index in [1.165, 1.54) is 27.2 Å². The van der Waals surface area contributed by atoms with Gasteiger partial charge in [0.25, 0.3) is 0 Å². The van der Waals surface area contributed by atoms with Crippen molar-refractivity contribution in [3.05, 3.63) is 88.7 Å². The summed E-state index contributed by atoms with van der Waals surface area (Å²) in [7, 11) is 1.70. The van der Waals surface area contributed by atoms with E-state index < -0.39 is 47.2 Å². The van der Waals surface area contributed by atoms with Gasteiger partial charge in [0.2, 0.25) is 34.8 Å². The van der Waals surface area contributed by atoms with Crippen molar-refractivity contribution < 1.29 is 97.9 Å². The Hall–Kier alpha value is -4.43. The highest BCUT2D eigenvalue weighted by atomic mass is 19.2. The fourth-order valence-corrected chi connectivity index (χ4v) is 6.51. The molecule has 0 N–H and O–H groups in total. The molecular weight excluding hydrogens is 954 g/mol. The highest BCUT2D eigenvalue weighted by Crippen LogP contribution is 2.44. The van der Waals surface area contributed by atoms with Crippen LogP contribution in [0.2, 0.25) is 0 Å². The number of rotatable bonds is 42. The quantitative estimate of drug-likeness (QED) is 0.0168. The number of nitrogens with zero attached hydrogens (tertiary/aromatic N) is 1. The number of carbonyl (C=O) groups is 2. The molecule has 0 fully saturated rings. The fraction of sp³-hybridized carbons (Fsp3) is 0.592. The maximum atomic E-state index is 13.6. The van der Waals surface area contributed by atoms with Gasteiger partial charge in [0, 0.05) is 19.5 Å². The maximum Gasteiger partial charge on any atom is 0.409 e. The maximum absolute atomic E-state index is 13.6. The lowest BCUT2D eigenvalue weighted by Gasteiger charge is -2.19. The van der Waals surface area contributed by atoms with Crippen LogP contribution in [0.15, 0.2) is 48.5 Å². The summed E-state index contributed by atoms with van der Waals surface area (Å²) in [5.41, 5.74) is 4.73. The molecule has 3 aromatic rings. The molecule has 4 rings (SSSR count). The number of esters is 1. The van der Waals surface area contributed by atoms with Gasteiger partial charge in [-0.1, -0.05) is 48.5 Å². The molecule has 0 saturated carbocycles. The Kier molecular flexibility index (Phi) is 30.4. The number of hydrogen-bond donors (Lipinski definition) is 0. The first kappa shape index (κ1) is 59.1. The highest BCUT2D eigenvalue weighted by Gasteiger charge is 2.30. The van der Waals surface area contributed by atoms with Crippen LogP contribution in [-0.2, 0) is 66.4 Å². The Morgan fingerprint density at radius 2 is 0.718 bits per heavy atom. The zero-order chi connectivity index (χ0) is 50.7. The molecule has 0 atom stereocenters. The summed E-state index contributed by atoms with van der Waals surface area (Å²) in [6.07, 6.45) is -0.878. The van der Waals surface area contributed by atoms with Gasteiger partial charge in [0.05, 0.1) is 165 Å². The largest absolute Gasteiger partial charge is 0.448 e. The molecule has 0 heterocycles. The first-order valence-corrected chi connectivity index (χ1v) is 23.4. The van der Waals surface area contributed by atoms with Crippen LogP contribution in [0.3, 0.4) is 0 Å². The SMILES string of the molecule is CN(CCOCCOCCOCCOCCOCCOCCOCCOCCOCCOCCOCCOCCC(=O)Oc1c(F)c(F)c(F)c(F)c1F)C(=O)OCC1c2ccccc2-c2ccccc21. The second-order valence-electron chi connectivity index (χ2n) is 15.2. The predicted octanol–water partition coefficient (Wildman–Crippen LogP) is 5.76. The van der Waals surface area contributed by atoms with E-state index in [0.29, 0.717) is 139 Å². The van der Waals surface area contributed by atoms with Crippen molar-refractivity contribution in [1.29, 1.82) is 0 Å². The van der Waals surface area contributed by atoms with Crippen LogP contribution in [0.4, 0.5) is 26.7 Å². The third kappa shape index (κ3) is 22.9. The van der Waals surface area contributed by atoms with Crippen LogP contribution in [-0.4, -0.2) is 196 Å². The van der Waals surface area contributed by atoms with Gasteiger partial charge < -0.3 is 71.2 Å². The number of ether oxygens (including phenoxy) is 14. The highest BCUT2D eigenvalue weighted by molar-refractivity contribution is 5.79. The van der Waals surface area contributed by atoms with E-state index in [-0.39, 0.29) is 45.0 Å². The Morgan fingerprint density at radius 3 is 1.07 bits per heavy atom. The van der Waals surface area contributed by atoms with Gasteiger partial charge in [-0.3, -0.25) is 4.79 Å². The summed E-state index contributed by atoms with van der Waals surface area (Å²) in [6.45, 7) is 9.15. The number of amides is 1. The smallest absolute Gasteiger partial charge is 0.409 e. The summed E-state index contributed by atoms with van der Waals surface area (Å²) < 4.78 is 142. The monoisotopic (exact) mass is 1020 g/mol. The van der Waals surface area contributed by atoms with Crippen molar-refractivity contribution in [2.75, 3.05) is 179 Å². The van der Waals surface area contributed by atoms with Crippen LogP contribution in [0, 0.1) is 29.1 Å². The third-order valence-corrected chi connectivity index (χ3v) is 10.1. The van der Waals surface area contributed by atoms with E-state index in [1.807, 2.05) is 24.3 Å². The van der Waals surface area contributed by atoms with Crippen LogP contribution < -0.4 is 4.74 Å². The van der Waals surface area contributed by atoms with Crippen molar-refractivity contribution in [1.82, 2.24) is 4.90 Å². The lowest BCUT2D eigenvalue weighted by Crippen LogP contribution is -2.32. The molecule has 0 bridgehead atoms. The predicted molar refractivity (Wildman–Crippen MR) is 244 cm³/mol. The molecule has 1 aliphatic carbocycles. The zero-order valence-corrected chi connectivity index (χ0v) is 40.2. The molecule has 17 nitrogen and oxygen atoms in total. The van der Waals surface area contributed by atoms with Crippen LogP contribution >= 0.6 is 0 Å². The van der Waals surface area contributed by atoms with Gasteiger partial charge in [0.15, 0.2) is 0 Å². The van der Waals surface area contributed by atoms with E-state index >= 15 is 0 Å². The number of fused-ring (bicyclic) bond motifs is 3. The van der Waals surface area contributed by atoms with Gasteiger partial charge in [-0.15, -0.1) is 0 Å². The first-order chi connectivity index (χ1) is 34.7. The van der Waals surface area contributed by atoms with Crippen LogP contribution in [0.25, 0.3) is 11.1 Å². The van der Waals surface area contributed by atoms with Gasteiger partial charge in [0.1, 0.15) is 6.61 Å². The summed E-state index contributed by atoms with van der Waals surface area (Å²) in [6, 6.07) is 16.5. The van der Waals surface area contributed by atoms with Crippen molar-refractivity contribution >= 4 is 12.1 Å². The van der Waals surface area contributed by atoms with Crippen molar-refractivity contribution in [3.63, 3.8) is 0 Å². The molecule has 71 heavy (non-hydrogen) atoms. The number of halogens is 5. The lowest BCUT2D eigenvalue weighted by atomic mass is 9.98. The molecule has 398 valence electrons. The minimum absolute atomic E-state index is 0.0188. The molecule has 1 amide bonds. The summed E-state index contributed by atoms with van der Waals surface area (Å²) in [4.78, 5) is 25.8. The van der Waals surface area contributed by atoms with Crippen molar-refractivity contribution in [3.8, 4) is 16.9 Å². The van der Waals surface area contributed by atoms with Crippen LogP contribution in [0.1, 0.15) is 23.5 Å². The zero-order valence-electron chi connectivity index (χ0n) is 40.2. The molecule has 22 heteroatoms. The van der Waals surface area contributed by atoms with Gasteiger partial charge in [-0.05, 0) is 22.3 Å². The van der Waals surface area contributed by atoms with E-state index in [4.69, 9.17) is 61.6 Å². The van der Waals surface area contributed by atoms with Gasteiger partial charge in [-0.25, -0.2) is 18.0 Å².